The highest BCUT2D eigenvalue weighted by molar-refractivity contribution is 5.53. The molecule has 0 unspecified atom stereocenters. The lowest BCUT2D eigenvalue weighted by Crippen LogP contribution is -2.07. The van der Waals surface area contributed by atoms with E-state index in [4.69, 9.17) is 4.74 Å². The van der Waals surface area contributed by atoms with E-state index in [-0.39, 0.29) is 0 Å². The van der Waals surface area contributed by atoms with Gasteiger partial charge in [0.25, 0.3) is 5.95 Å². The number of H-pyrrole nitrogens is 1. The van der Waals surface area contributed by atoms with Crippen LogP contribution >= 0.6 is 0 Å². The molecule has 0 bridgehead atoms. The fraction of sp³-hybridized carbons (Fsp3) is 0.500. The zero-order valence-corrected chi connectivity index (χ0v) is 12.2. The molecule has 0 amide bonds. The van der Waals surface area contributed by atoms with Gasteiger partial charge in [0.1, 0.15) is 5.75 Å². The van der Waals surface area contributed by atoms with Crippen molar-refractivity contribution in [1.82, 2.24) is 20.6 Å². The number of rotatable bonds is 6. The van der Waals surface area contributed by atoms with Crippen molar-refractivity contribution in [2.75, 3.05) is 11.9 Å². The minimum Gasteiger partial charge on any atom is -0.494 e. The summed E-state index contributed by atoms with van der Waals surface area (Å²) in [7, 11) is 0. The Morgan fingerprint density at radius 1 is 1.20 bits per heavy atom. The molecule has 0 fully saturated rings. The highest BCUT2D eigenvalue weighted by Gasteiger charge is 2.09. The molecule has 6 heteroatoms. The second-order valence-corrected chi connectivity index (χ2v) is 5.90. The molecule has 0 radical (unpaired) electrons. The van der Waals surface area contributed by atoms with E-state index in [9.17, 15) is 0 Å². The van der Waals surface area contributed by atoms with Crippen LogP contribution in [0.2, 0.25) is 0 Å². The van der Waals surface area contributed by atoms with Crippen LogP contribution in [0.25, 0.3) is 0 Å². The molecule has 2 aromatic rings. The Labute approximate surface area is 118 Å². The average molecular weight is 275 g/mol. The summed E-state index contributed by atoms with van der Waals surface area (Å²) in [6.45, 7) is 7.47. The van der Waals surface area contributed by atoms with Crippen LogP contribution in [0.15, 0.2) is 24.3 Å². The van der Waals surface area contributed by atoms with E-state index < -0.39 is 0 Å². The van der Waals surface area contributed by atoms with E-state index in [2.05, 4.69) is 46.7 Å². The van der Waals surface area contributed by atoms with Gasteiger partial charge < -0.3 is 10.1 Å². The van der Waals surface area contributed by atoms with E-state index in [1.807, 2.05) is 24.3 Å². The van der Waals surface area contributed by atoms with Crippen molar-refractivity contribution < 1.29 is 4.74 Å². The van der Waals surface area contributed by atoms with Crippen LogP contribution in [0.4, 0.5) is 11.6 Å². The number of hydrogen-bond acceptors (Lipinski definition) is 5. The number of hydrogen-bond donors (Lipinski definition) is 2. The van der Waals surface area contributed by atoms with E-state index in [0.717, 1.165) is 30.9 Å². The topological polar surface area (TPSA) is 75.7 Å². The van der Waals surface area contributed by atoms with Crippen molar-refractivity contribution >= 4 is 11.6 Å². The van der Waals surface area contributed by atoms with Crippen molar-refractivity contribution in [2.24, 2.45) is 5.41 Å². The Kier molecular flexibility index (Phi) is 4.55. The number of anilines is 2. The molecule has 0 aliphatic heterocycles. The molecule has 20 heavy (non-hydrogen) atoms. The average Bonchev–Trinajstić information content (AvgIpc) is 2.88. The Morgan fingerprint density at radius 2 is 1.95 bits per heavy atom. The molecule has 1 aromatic carbocycles. The van der Waals surface area contributed by atoms with E-state index in [1.165, 1.54) is 0 Å². The largest absolute Gasteiger partial charge is 0.494 e. The maximum Gasteiger partial charge on any atom is 0.267 e. The van der Waals surface area contributed by atoms with Gasteiger partial charge in [-0.2, -0.15) is 5.21 Å². The van der Waals surface area contributed by atoms with Gasteiger partial charge in [-0.3, -0.25) is 0 Å². The first-order valence-electron chi connectivity index (χ1n) is 6.76. The van der Waals surface area contributed by atoms with Crippen molar-refractivity contribution in [3.05, 3.63) is 24.3 Å². The summed E-state index contributed by atoms with van der Waals surface area (Å²) in [6, 6.07) is 7.71. The highest BCUT2D eigenvalue weighted by atomic mass is 16.5. The third-order valence-corrected chi connectivity index (χ3v) is 2.80. The van der Waals surface area contributed by atoms with Gasteiger partial charge in [0, 0.05) is 5.69 Å². The standard InChI is InChI=1S/C14H21N5O/c1-14(2,3)9-4-10-20-12-7-5-11(6-8-12)15-13-16-18-19-17-13/h5-8H,4,9-10H2,1-3H3,(H2,15,16,17,18,19). The predicted octanol–water partition coefficient (Wildman–Crippen LogP) is 3.15. The maximum absolute atomic E-state index is 5.71. The quantitative estimate of drug-likeness (QED) is 0.792. The number of aromatic nitrogens is 4. The van der Waals surface area contributed by atoms with Gasteiger partial charge in [0.05, 0.1) is 6.61 Å². The molecule has 2 rings (SSSR count). The van der Waals surface area contributed by atoms with E-state index in [0.29, 0.717) is 11.4 Å². The zero-order valence-electron chi connectivity index (χ0n) is 12.2. The molecule has 2 N–H and O–H groups in total. The van der Waals surface area contributed by atoms with Crippen LogP contribution in [0.5, 0.6) is 5.75 Å². The number of ether oxygens (including phenoxy) is 1. The first-order valence-corrected chi connectivity index (χ1v) is 6.76. The second kappa shape index (κ2) is 6.36. The highest BCUT2D eigenvalue weighted by Crippen LogP contribution is 2.21. The Morgan fingerprint density at radius 3 is 2.55 bits per heavy atom. The SMILES string of the molecule is CC(C)(C)CCCOc1ccc(Nc2nn[nH]n2)cc1. The molecule has 0 aliphatic carbocycles. The van der Waals surface area contributed by atoms with Gasteiger partial charge in [-0.25, -0.2) is 0 Å². The van der Waals surface area contributed by atoms with Gasteiger partial charge in [0.2, 0.25) is 0 Å². The molecule has 0 aliphatic rings. The number of tetrazole rings is 1. The maximum atomic E-state index is 5.71. The smallest absolute Gasteiger partial charge is 0.267 e. The molecule has 108 valence electrons. The number of aromatic amines is 1. The third kappa shape index (κ3) is 4.87. The fourth-order valence-electron chi connectivity index (χ4n) is 1.77. The van der Waals surface area contributed by atoms with Crippen molar-refractivity contribution in [2.45, 2.75) is 33.6 Å². The first-order chi connectivity index (χ1) is 9.53. The van der Waals surface area contributed by atoms with Gasteiger partial charge >= 0.3 is 0 Å². The van der Waals surface area contributed by atoms with Crippen molar-refractivity contribution in [1.29, 1.82) is 0 Å². The number of nitrogens with zero attached hydrogens (tertiary/aromatic N) is 3. The molecule has 1 heterocycles. The van der Waals surface area contributed by atoms with E-state index >= 15 is 0 Å². The van der Waals surface area contributed by atoms with Crippen molar-refractivity contribution in [3.63, 3.8) is 0 Å². The van der Waals surface area contributed by atoms with Gasteiger partial charge in [0.15, 0.2) is 0 Å². The van der Waals surface area contributed by atoms with Crippen LogP contribution < -0.4 is 10.1 Å². The lowest BCUT2D eigenvalue weighted by Gasteiger charge is -2.17. The summed E-state index contributed by atoms with van der Waals surface area (Å²) in [5.41, 5.74) is 1.26. The van der Waals surface area contributed by atoms with Gasteiger partial charge in [-0.1, -0.05) is 25.9 Å². The summed E-state index contributed by atoms with van der Waals surface area (Å²) in [5, 5.41) is 16.6. The minimum absolute atomic E-state index is 0.363. The molecule has 0 spiro atoms. The van der Waals surface area contributed by atoms with Crippen LogP contribution in [0.1, 0.15) is 33.6 Å². The van der Waals surface area contributed by atoms with Crippen LogP contribution in [-0.4, -0.2) is 27.2 Å². The number of benzene rings is 1. The van der Waals surface area contributed by atoms with Gasteiger partial charge in [-0.05, 0) is 47.7 Å². The third-order valence-electron chi connectivity index (χ3n) is 2.80. The molecule has 0 saturated carbocycles. The lowest BCUT2D eigenvalue weighted by atomic mass is 9.91. The molecule has 0 atom stereocenters. The Balaban J connectivity index is 1.77. The van der Waals surface area contributed by atoms with Crippen LogP contribution in [0, 0.1) is 5.41 Å². The molecular weight excluding hydrogens is 254 g/mol. The zero-order chi connectivity index (χ0) is 14.4. The van der Waals surface area contributed by atoms with E-state index in [1.54, 1.807) is 0 Å². The van der Waals surface area contributed by atoms with Gasteiger partial charge in [-0.15, -0.1) is 5.10 Å². The van der Waals surface area contributed by atoms with Crippen molar-refractivity contribution in [3.8, 4) is 5.75 Å². The molecule has 0 saturated heterocycles. The lowest BCUT2D eigenvalue weighted by molar-refractivity contribution is 0.269. The molecular formula is C14H21N5O. The normalized spacial score (nSPS) is 11.3. The summed E-state index contributed by atoms with van der Waals surface area (Å²) < 4.78 is 5.71. The Bertz CT molecular complexity index is 501. The fourth-order valence-corrected chi connectivity index (χ4v) is 1.77. The summed E-state index contributed by atoms with van der Waals surface area (Å²) in [5.74, 6) is 1.32. The molecule has 6 nitrogen and oxygen atoms in total. The second-order valence-electron chi connectivity index (χ2n) is 5.90. The van der Waals surface area contributed by atoms with Crippen LogP contribution in [-0.2, 0) is 0 Å². The predicted molar refractivity (Wildman–Crippen MR) is 78.1 cm³/mol. The molecule has 1 aromatic heterocycles. The Hall–Kier alpha value is -2.11. The summed E-state index contributed by atoms with van der Waals surface area (Å²) in [4.78, 5) is 0. The summed E-state index contributed by atoms with van der Waals surface area (Å²) >= 11 is 0. The monoisotopic (exact) mass is 275 g/mol. The minimum atomic E-state index is 0.363. The van der Waals surface area contributed by atoms with Crippen LogP contribution in [0.3, 0.4) is 0 Å². The first kappa shape index (κ1) is 14.3. The number of nitrogens with one attached hydrogen (secondary N) is 2. The summed E-state index contributed by atoms with van der Waals surface area (Å²) in [6.07, 6.45) is 2.22.